The van der Waals surface area contributed by atoms with Crippen molar-refractivity contribution < 1.29 is 13.5 Å². The van der Waals surface area contributed by atoms with Crippen LogP contribution < -0.4 is 4.72 Å². The van der Waals surface area contributed by atoms with Gasteiger partial charge in [-0.1, -0.05) is 17.3 Å². The highest BCUT2D eigenvalue weighted by molar-refractivity contribution is 7.89. The normalized spacial score (nSPS) is 11.6. The number of hydrogen-bond donors (Lipinski definition) is 2. The van der Waals surface area contributed by atoms with E-state index in [4.69, 9.17) is 5.11 Å². The molecule has 3 aromatic rings. The van der Waals surface area contributed by atoms with Gasteiger partial charge in [-0.05, 0) is 29.8 Å². The number of aromatic nitrogens is 4. The summed E-state index contributed by atoms with van der Waals surface area (Å²) in [5, 5.41) is 16.9. The van der Waals surface area contributed by atoms with E-state index in [-0.39, 0.29) is 18.0 Å². The van der Waals surface area contributed by atoms with Crippen LogP contribution >= 0.6 is 0 Å². The first kappa shape index (κ1) is 17.2. The predicted molar refractivity (Wildman–Crippen MR) is 91.1 cm³/mol. The zero-order valence-electron chi connectivity index (χ0n) is 13.3. The van der Waals surface area contributed by atoms with E-state index >= 15 is 0 Å². The van der Waals surface area contributed by atoms with Gasteiger partial charge in [0, 0.05) is 24.5 Å². The highest BCUT2D eigenvalue weighted by Gasteiger charge is 2.13. The number of benzene rings is 1. The highest BCUT2D eigenvalue weighted by Crippen LogP contribution is 2.19. The fourth-order valence-electron chi connectivity index (χ4n) is 2.25. The summed E-state index contributed by atoms with van der Waals surface area (Å²) in [6, 6.07) is 10.2. The van der Waals surface area contributed by atoms with E-state index in [9.17, 15) is 8.42 Å². The minimum Gasteiger partial charge on any atom is -0.395 e. The molecule has 2 aromatic heterocycles. The Hall–Kier alpha value is -2.62. The Kier molecular flexibility index (Phi) is 5.17. The van der Waals surface area contributed by atoms with Crippen molar-refractivity contribution in [3.63, 3.8) is 0 Å². The van der Waals surface area contributed by atoms with E-state index in [0.717, 1.165) is 11.1 Å². The second kappa shape index (κ2) is 7.51. The molecule has 0 saturated heterocycles. The van der Waals surface area contributed by atoms with Crippen molar-refractivity contribution >= 4 is 10.0 Å². The van der Waals surface area contributed by atoms with E-state index in [0.29, 0.717) is 12.2 Å². The number of rotatable bonds is 7. The van der Waals surface area contributed by atoms with Gasteiger partial charge in [-0.2, -0.15) is 0 Å². The summed E-state index contributed by atoms with van der Waals surface area (Å²) in [7, 11) is -3.61. The zero-order valence-corrected chi connectivity index (χ0v) is 14.1. The molecule has 0 atom stereocenters. The number of hydrogen-bond acceptors (Lipinski definition) is 6. The average molecular weight is 359 g/mol. The molecule has 0 aliphatic heterocycles. The lowest BCUT2D eigenvalue weighted by atomic mass is 10.2. The summed E-state index contributed by atoms with van der Waals surface area (Å²) in [4.78, 5) is 4.11. The fourth-order valence-corrected chi connectivity index (χ4v) is 3.27. The fraction of sp³-hybridized carbons (Fsp3) is 0.188. The molecule has 0 unspecified atom stereocenters. The molecule has 0 spiro atoms. The lowest BCUT2D eigenvalue weighted by molar-refractivity contribution is 0.301. The lowest BCUT2D eigenvalue weighted by Crippen LogP contribution is -2.26. The number of pyridine rings is 1. The number of sulfonamides is 1. The third-order valence-corrected chi connectivity index (χ3v) is 4.97. The van der Waals surface area contributed by atoms with E-state index in [1.807, 2.05) is 12.1 Å². The van der Waals surface area contributed by atoms with Crippen LogP contribution in [0.15, 0.2) is 59.9 Å². The van der Waals surface area contributed by atoms with Crippen molar-refractivity contribution in [2.24, 2.45) is 0 Å². The van der Waals surface area contributed by atoms with Gasteiger partial charge < -0.3 is 5.11 Å². The van der Waals surface area contributed by atoms with Gasteiger partial charge in [-0.25, -0.2) is 17.8 Å². The maximum atomic E-state index is 12.0. The largest absolute Gasteiger partial charge is 0.395 e. The Bertz CT molecular complexity index is 924. The number of nitrogens with zero attached hydrogens (tertiary/aromatic N) is 4. The van der Waals surface area contributed by atoms with Crippen molar-refractivity contribution in [3.8, 4) is 11.3 Å². The molecule has 3 rings (SSSR count). The quantitative estimate of drug-likeness (QED) is 0.641. The smallest absolute Gasteiger partial charge is 0.240 e. The first-order valence-electron chi connectivity index (χ1n) is 7.58. The first-order chi connectivity index (χ1) is 12.1. The Morgan fingerprint density at radius 3 is 2.48 bits per heavy atom. The summed E-state index contributed by atoms with van der Waals surface area (Å²) in [6.45, 7) is 0.304. The van der Waals surface area contributed by atoms with Gasteiger partial charge in [-0.3, -0.25) is 4.98 Å². The summed E-state index contributed by atoms with van der Waals surface area (Å²) in [5.74, 6) is 0. The number of aliphatic hydroxyl groups is 1. The molecule has 2 N–H and O–H groups in total. The van der Waals surface area contributed by atoms with Crippen molar-refractivity contribution in [1.82, 2.24) is 24.7 Å². The molecule has 0 saturated carbocycles. The molecule has 0 aliphatic rings. The molecule has 0 bridgehead atoms. The lowest BCUT2D eigenvalue weighted by Gasteiger charge is -2.05. The van der Waals surface area contributed by atoms with E-state index in [1.54, 1.807) is 35.4 Å². The van der Waals surface area contributed by atoms with Crippen LogP contribution in [-0.2, 0) is 16.6 Å². The molecule has 25 heavy (non-hydrogen) atoms. The van der Waals surface area contributed by atoms with Gasteiger partial charge >= 0.3 is 0 Å². The maximum absolute atomic E-state index is 12.0. The monoisotopic (exact) mass is 359 g/mol. The summed E-state index contributed by atoms with van der Waals surface area (Å²) >= 11 is 0. The Morgan fingerprint density at radius 1 is 1.08 bits per heavy atom. The summed E-state index contributed by atoms with van der Waals surface area (Å²) < 4.78 is 28.0. The van der Waals surface area contributed by atoms with Crippen LogP contribution in [0.5, 0.6) is 0 Å². The van der Waals surface area contributed by atoms with Crippen molar-refractivity contribution in [1.29, 1.82) is 0 Å². The molecule has 130 valence electrons. The first-order valence-corrected chi connectivity index (χ1v) is 9.07. The van der Waals surface area contributed by atoms with Crippen LogP contribution in [0.3, 0.4) is 0 Å². The third-order valence-electron chi connectivity index (χ3n) is 3.50. The van der Waals surface area contributed by atoms with E-state index < -0.39 is 10.0 Å². The van der Waals surface area contributed by atoms with Gasteiger partial charge in [0.2, 0.25) is 10.0 Å². The SMILES string of the molecule is O=S(=O)(NCCO)c1ccc(-c2cn(Cc3ccncc3)nn2)cc1. The van der Waals surface area contributed by atoms with Gasteiger partial charge in [0.15, 0.2) is 0 Å². The molecule has 9 heteroatoms. The molecule has 0 amide bonds. The van der Waals surface area contributed by atoms with E-state index in [1.165, 1.54) is 12.1 Å². The Labute approximate surface area is 145 Å². The second-order valence-electron chi connectivity index (χ2n) is 5.30. The standard InChI is InChI=1S/C16H17N5O3S/c22-10-9-18-25(23,24)15-3-1-14(2-4-15)16-12-21(20-19-16)11-13-5-7-17-8-6-13/h1-8,12,18,22H,9-11H2. The van der Waals surface area contributed by atoms with Crippen LogP contribution in [0.25, 0.3) is 11.3 Å². The molecule has 8 nitrogen and oxygen atoms in total. The number of nitrogens with one attached hydrogen (secondary N) is 1. The van der Waals surface area contributed by atoms with Crippen LogP contribution in [0.4, 0.5) is 0 Å². The molecular formula is C16H17N5O3S. The van der Waals surface area contributed by atoms with Crippen LogP contribution in [-0.4, -0.2) is 46.7 Å². The second-order valence-corrected chi connectivity index (χ2v) is 7.07. The summed E-state index contributed by atoms with van der Waals surface area (Å²) in [5.41, 5.74) is 2.48. The molecule has 2 heterocycles. The minimum atomic E-state index is -3.61. The van der Waals surface area contributed by atoms with Crippen LogP contribution in [0.1, 0.15) is 5.56 Å². The third kappa shape index (κ3) is 4.27. The summed E-state index contributed by atoms with van der Waals surface area (Å²) in [6.07, 6.45) is 5.24. The highest BCUT2D eigenvalue weighted by atomic mass is 32.2. The average Bonchev–Trinajstić information content (AvgIpc) is 3.09. The molecular weight excluding hydrogens is 342 g/mol. The van der Waals surface area contributed by atoms with Crippen molar-refractivity contribution in [2.45, 2.75) is 11.4 Å². The van der Waals surface area contributed by atoms with Crippen molar-refractivity contribution in [2.75, 3.05) is 13.2 Å². The molecule has 0 fully saturated rings. The van der Waals surface area contributed by atoms with Crippen LogP contribution in [0.2, 0.25) is 0 Å². The van der Waals surface area contributed by atoms with Gasteiger partial charge in [0.05, 0.1) is 24.2 Å². The number of aliphatic hydroxyl groups excluding tert-OH is 1. The molecule has 0 aliphatic carbocycles. The molecule has 1 aromatic carbocycles. The van der Waals surface area contributed by atoms with Crippen LogP contribution in [0, 0.1) is 0 Å². The zero-order chi connectivity index (χ0) is 17.7. The predicted octanol–water partition coefficient (Wildman–Crippen LogP) is 0.659. The topological polar surface area (TPSA) is 110 Å². The Balaban J connectivity index is 1.75. The minimum absolute atomic E-state index is 0.0204. The maximum Gasteiger partial charge on any atom is 0.240 e. The molecule has 0 radical (unpaired) electrons. The van der Waals surface area contributed by atoms with E-state index in [2.05, 4.69) is 20.0 Å². The van der Waals surface area contributed by atoms with Gasteiger partial charge in [0.1, 0.15) is 5.69 Å². The van der Waals surface area contributed by atoms with Crippen molar-refractivity contribution in [3.05, 3.63) is 60.6 Å². The van der Waals surface area contributed by atoms with Gasteiger partial charge in [0.25, 0.3) is 0 Å². The van der Waals surface area contributed by atoms with Gasteiger partial charge in [-0.15, -0.1) is 5.10 Å². The Morgan fingerprint density at radius 2 is 1.80 bits per heavy atom.